The van der Waals surface area contributed by atoms with Gasteiger partial charge in [-0.05, 0) is 18.6 Å². The molecule has 0 aliphatic carbocycles. The van der Waals surface area contributed by atoms with Gasteiger partial charge in [-0.25, -0.2) is 0 Å². The fraction of sp³-hybridized carbons (Fsp3) is 0.455. The first-order valence-electron chi connectivity index (χ1n) is 4.79. The molecule has 0 saturated heterocycles. The summed E-state index contributed by atoms with van der Waals surface area (Å²) in [6.07, 6.45) is 0.985. The lowest BCUT2D eigenvalue weighted by Crippen LogP contribution is -2.37. The summed E-state index contributed by atoms with van der Waals surface area (Å²) in [4.78, 5) is 0. The highest BCUT2D eigenvalue weighted by Gasteiger charge is 2.33. The molecule has 0 spiro atoms. The van der Waals surface area contributed by atoms with Crippen LogP contribution in [0.4, 0.5) is 0 Å². The fourth-order valence-corrected chi connectivity index (χ4v) is 2.75. The molecule has 1 atom stereocenters. The zero-order valence-electron chi connectivity index (χ0n) is 8.22. The minimum atomic E-state index is 0.0493. The molecule has 3 heteroatoms. The van der Waals surface area contributed by atoms with E-state index in [-0.39, 0.29) is 5.41 Å². The topological polar surface area (TPSA) is 35.2 Å². The third-order valence-electron chi connectivity index (χ3n) is 2.94. The lowest BCUT2D eigenvalue weighted by Gasteiger charge is -2.35. The molecule has 0 fully saturated rings. The van der Waals surface area contributed by atoms with E-state index in [1.165, 1.54) is 5.56 Å². The smallest absolute Gasteiger partial charge is 0.124 e. The maximum Gasteiger partial charge on any atom is 0.124 e. The molecule has 2 N–H and O–H groups in total. The van der Waals surface area contributed by atoms with Crippen molar-refractivity contribution in [3.8, 4) is 5.75 Å². The van der Waals surface area contributed by atoms with Crippen molar-refractivity contribution in [1.29, 1.82) is 0 Å². The van der Waals surface area contributed by atoms with Crippen LogP contribution in [0.3, 0.4) is 0 Å². The Bertz CT molecular complexity index is 353. The standard InChI is InChI=1S/C11H14BrNO/c1-11(7-13)5-6-14-9-4-2-3-8(12)10(9)11/h2-4H,5-7,13H2,1H3. The van der Waals surface area contributed by atoms with Gasteiger partial charge in [0.05, 0.1) is 6.61 Å². The Hall–Kier alpha value is -0.540. The molecule has 0 bridgehead atoms. The van der Waals surface area contributed by atoms with Gasteiger partial charge in [0.1, 0.15) is 5.75 Å². The highest BCUT2D eigenvalue weighted by atomic mass is 79.9. The van der Waals surface area contributed by atoms with E-state index in [2.05, 4.69) is 22.9 Å². The van der Waals surface area contributed by atoms with Gasteiger partial charge in [-0.1, -0.05) is 28.9 Å². The van der Waals surface area contributed by atoms with E-state index in [1.807, 2.05) is 18.2 Å². The normalized spacial score (nSPS) is 25.4. The van der Waals surface area contributed by atoms with E-state index < -0.39 is 0 Å². The number of hydrogen-bond acceptors (Lipinski definition) is 2. The molecule has 1 unspecified atom stereocenters. The quantitative estimate of drug-likeness (QED) is 0.837. The third-order valence-corrected chi connectivity index (χ3v) is 3.60. The van der Waals surface area contributed by atoms with Gasteiger partial charge < -0.3 is 10.5 Å². The predicted molar refractivity (Wildman–Crippen MR) is 60.7 cm³/mol. The van der Waals surface area contributed by atoms with Crippen LogP contribution in [0.1, 0.15) is 18.9 Å². The van der Waals surface area contributed by atoms with Gasteiger partial charge in [0, 0.05) is 22.0 Å². The summed E-state index contributed by atoms with van der Waals surface area (Å²) in [5, 5.41) is 0. The second kappa shape index (κ2) is 3.55. The van der Waals surface area contributed by atoms with Crippen LogP contribution in [0, 0.1) is 0 Å². The van der Waals surface area contributed by atoms with Crippen LogP contribution >= 0.6 is 15.9 Å². The SMILES string of the molecule is CC1(CN)CCOc2cccc(Br)c21. The Balaban J connectivity index is 2.58. The molecule has 1 heterocycles. The lowest BCUT2D eigenvalue weighted by atomic mass is 9.78. The first-order chi connectivity index (χ1) is 6.67. The van der Waals surface area contributed by atoms with E-state index >= 15 is 0 Å². The molecule has 1 aromatic carbocycles. The van der Waals surface area contributed by atoms with E-state index in [0.29, 0.717) is 6.54 Å². The van der Waals surface area contributed by atoms with Gasteiger partial charge >= 0.3 is 0 Å². The minimum absolute atomic E-state index is 0.0493. The molecular weight excluding hydrogens is 242 g/mol. The summed E-state index contributed by atoms with van der Waals surface area (Å²) >= 11 is 3.56. The second-order valence-corrected chi connectivity index (χ2v) is 4.83. The average molecular weight is 256 g/mol. The summed E-state index contributed by atoms with van der Waals surface area (Å²) in [5.41, 5.74) is 7.11. The van der Waals surface area contributed by atoms with Crippen LogP contribution in [0.2, 0.25) is 0 Å². The maximum absolute atomic E-state index is 5.84. The van der Waals surface area contributed by atoms with E-state index in [0.717, 1.165) is 23.2 Å². The van der Waals surface area contributed by atoms with E-state index in [1.54, 1.807) is 0 Å². The van der Waals surface area contributed by atoms with Crippen molar-refractivity contribution >= 4 is 15.9 Å². The molecule has 14 heavy (non-hydrogen) atoms. The summed E-state index contributed by atoms with van der Waals surface area (Å²) in [5.74, 6) is 0.971. The monoisotopic (exact) mass is 255 g/mol. The number of ether oxygens (including phenoxy) is 1. The molecule has 1 aliphatic heterocycles. The van der Waals surface area contributed by atoms with Crippen molar-refractivity contribution in [1.82, 2.24) is 0 Å². The van der Waals surface area contributed by atoms with Gasteiger partial charge in [-0.15, -0.1) is 0 Å². The number of benzene rings is 1. The Labute approximate surface area is 92.6 Å². The molecule has 0 amide bonds. The highest BCUT2D eigenvalue weighted by molar-refractivity contribution is 9.10. The first kappa shape index (κ1) is 9.99. The minimum Gasteiger partial charge on any atom is -0.493 e. The molecule has 0 saturated carbocycles. The number of rotatable bonds is 1. The summed E-state index contributed by atoms with van der Waals surface area (Å²) < 4.78 is 6.72. The molecule has 2 nitrogen and oxygen atoms in total. The maximum atomic E-state index is 5.84. The highest BCUT2D eigenvalue weighted by Crippen LogP contribution is 2.42. The van der Waals surface area contributed by atoms with Crippen LogP contribution in [-0.4, -0.2) is 13.2 Å². The molecule has 1 aromatic rings. The number of hydrogen-bond donors (Lipinski definition) is 1. The van der Waals surface area contributed by atoms with Crippen molar-refractivity contribution in [2.24, 2.45) is 5.73 Å². The van der Waals surface area contributed by atoms with Crippen molar-refractivity contribution < 1.29 is 4.74 Å². The zero-order chi connectivity index (χ0) is 10.2. The van der Waals surface area contributed by atoms with Crippen LogP contribution in [0.15, 0.2) is 22.7 Å². The Morgan fingerprint density at radius 3 is 3.07 bits per heavy atom. The van der Waals surface area contributed by atoms with Crippen molar-refractivity contribution in [3.63, 3.8) is 0 Å². The van der Waals surface area contributed by atoms with Crippen LogP contribution in [-0.2, 0) is 5.41 Å². The molecule has 0 radical (unpaired) electrons. The molecular formula is C11H14BrNO. The Morgan fingerprint density at radius 1 is 1.57 bits per heavy atom. The Morgan fingerprint density at radius 2 is 2.36 bits per heavy atom. The molecule has 2 rings (SSSR count). The second-order valence-electron chi connectivity index (χ2n) is 3.98. The van der Waals surface area contributed by atoms with Gasteiger partial charge in [0.15, 0.2) is 0 Å². The fourth-order valence-electron chi connectivity index (χ4n) is 1.93. The zero-order valence-corrected chi connectivity index (χ0v) is 9.80. The van der Waals surface area contributed by atoms with Gasteiger partial charge in [0.25, 0.3) is 0 Å². The van der Waals surface area contributed by atoms with Crippen molar-refractivity contribution in [2.45, 2.75) is 18.8 Å². The van der Waals surface area contributed by atoms with E-state index in [4.69, 9.17) is 10.5 Å². The number of nitrogens with two attached hydrogens (primary N) is 1. The van der Waals surface area contributed by atoms with E-state index in [9.17, 15) is 0 Å². The number of fused-ring (bicyclic) bond motifs is 1. The molecule has 76 valence electrons. The lowest BCUT2D eigenvalue weighted by molar-refractivity contribution is 0.226. The third kappa shape index (κ3) is 1.44. The van der Waals surface area contributed by atoms with Crippen molar-refractivity contribution in [3.05, 3.63) is 28.2 Å². The summed E-state index contributed by atoms with van der Waals surface area (Å²) in [6.45, 7) is 3.61. The van der Waals surface area contributed by atoms with Gasteiger partial charge in [-0.2, -0.15) is 0 Å². The molecule has 0 aromatic heterocycles. The predicted octanol–water partition coefficient (Wildman–Crippen LogP) is 2.45. The van der Waals surface area contributed by atoms with Crippen LogP contribution in [0.5, 0.6) is 5.75 Å². The van der Waals surface area contributed by atoms with Crippen molar-refractivity contribution in [2.75, 3.05) is 13.2 Å². The van der Waals surface area contributed by atoms with Crippen LogP contribution in [0.25, 0.3) is 0 Å². The van der Waals surface area contributed by atoms with Gasteiger partial charge in [-0.3, -0.25) is 0 Å². The first-order valence-corrected chi connectivity index (χ1v) is 5.58. The average Bonchev–Trinajstić information content (AvgIpc) is 2.18. The Kier molecular flexibility index (Phi) is 2.54. The van der Waals surface area contributed by atoms with Gasteiger partial charge in [0.2, 0.25) is 0 Å². The summed E-state index contributed by atoms with van der Waals surface area (Å²) in [7, 11) is 0. The number of halogens is 1. The summed E-state index contributed by atoms with van der Waals surface area (Å²) in [6, 6.07) is 6.04. The molecule has 1 aliphatic rings. The van der Waals surface area contributed by atoms with Crippen LogP contribution < -0.4 is 10.5 Å². The largest absolute Gasteiger partial charge is 0.493 e.